The molecule has 4 nitrogen and oxygen atoms in total. The van der Waals surface area contributed by atoms with Gasteiger partial charge in [-0.2, -0.15) is 0 Å². The third-order valence-electron chi connectivity index (χ3n) is 4.15. The van der Waals surface area contributed by atoms with Gasteiger partial charge in [0.25, 0.3) is 0 Å². The molecule has 0 saturated heterocycles. The summed E-state index contributed by atoms with van der Waals surface area (Å²) >= 11 is 0. The second-order valence-electron chi connectivity index (χ2n) is 5.88. The summed E-state index contributed by atoms with van der Waals surface area (Å²) in [5.74, 6) is 0. The zero-order valence-corrected chi connectivity index (χ0v) is 13.1. The normalized spacial score (nSPS) is 17.1. The smallest absolute Gasteiger partial charge is 0.240 e. The molecule has 0 amide bonds. The van der Waals surface area contributed by atoms with Crippen molar-refractivity contribution in [2.75, 3.05) is 6.54 Å². The molecule has 0 aromatic heterocycles. The molecule has 1 fully saturated rings. The highest BCUT2D eigenvalue weighted by Crippen LogP contribution is 2.49. The number of benzene rings is 1. The highest BCUT2D eigenvalue weighted by molar-refractivity contribution is 7.89. The quantitative estimate of drug-likeness (QED) is 0.811. The third-order valence-corrected chi connectivity index (χ3v) is 5.70. The molecule has 1 aliphatic carbocycles. The molecule has 5 heteroatoms. The summed E-state index contributed by atoms with van der Waals surface area (Å²) in [4.78, 5) is 0.354. The molecule has 0 aliphatic heterocycles. The Balaban J connectivity index is 2.14. The number of nitrogens with one attached hydrogen (secondary N) is 1. The number of hydrogen-bond donors (Lipinski definition) is 2. The van der Waals surface area contributed by atoms with Crippen molar-refractivity contribution in [3.05, 3.63) is 29.3 Å². The van der Waals surface area contributed by atoms with E-state index >= 15 is 0 Å². The molecule has 1 aliphatic rings. The van der Waals surface area contributed by atoms with Gasteiger partial charge in [0.05, 0.1) is 4.90 Å². The van der Waals surface area contributed by atoms with Crippen molar-refractivity contribution in [1.29, 1.82) is 0 Å². The van der Waals surface area contributed by atoms with Crippen molar-refractivity contribution >= 4 is 10.0 Å². The van der Waals surface area contributed by atoms with E-state index in [4.69, 9.17) is 5.73 Å². The molecule has 0 atom stereocenters. The van der Waals surface area contributed by atoms with Gasteiger partial charge >= 0.3 is 0 Å². The highest BCUT2D eigenvalue weighted by Gasteiger charge is 2.42. The summed E-state index contributed by atoms with van der Waals surface area (Å²) in [5.41, 5.74) is 7.40. The largest absolute Gasteiger partial charge is 0.326 e. The monoisotopic (exact) mass is 296 g/mol. The summed E-state index contributed by atoms with van der Waals surface area (Å²) in [5, 5.41) is 0. The van der Waals surface area contributed by atoms with Crippen LogP contribution in [0.25, 0.3) is 0 Å². The summed E-state index contributed by atoms with van der Waals surface area (Å²) in [7, 11) is -3.44. The molecule has 0 radical (unpaired) electrons. The van der Waals surface area contributed by atoms with Gasteiger partial charge in [-0.15, -0.1) is 0 Å². The lowest BCUT2D eigenvalue weighted by Gasteiger charge is -2.16. The first-order valence-corrected chi connectivity index (χ1v) is 8.70. The minimum Gasteiger partial charge on any atom is -0.326 e. The highest BCUT2D eigenvalue weighted by atomic mass is 32.2. The van der Waals surface area contributed by atoms with Crippen molar-refractivity contribution < 1.29 is 8.42 Å². The summed E-state index contributed by atoms with van der Waals surface area (Å²) in [6.45, 7) is 4.86. The predicted octanol–water partition coefficient (Wildman–Crippen LogP) is 2.31. The van der Waals surface area contributed by atoms with E-state index in [1.165, 1.54) is 0 Å². The van der Waals surface area contributed by atoms with Crippen molar-refractivity contribution in [3.63, 3.8) is 0 Å². The van der Waals surface area contributed by atoms with Crippen LogP contribution in [-0.4, -0.2) is 15.0 Å². The maximum absolute atomic E-state index is 12.4. The molecule has 3 N–H and O–H groups in total. The van der Waals surface area contributed by atoms with Crippen LogP contribution in [0.4, 0.5) is 0 Å². The van der Waals surface area contributed by atoms with Crippen LogP contribution in [0, 0.1) is 12.3 Å². The molecule has 1 aromatic carbocycles. The van der Waals surface area contributed by atoms with E-state index in [9.17, 15) is 8.42 Å². The number of hydrogen-bond acceptors (Lipinski definition) is 3. The van der Waals surface area contributed by atoms with Crippen molar-refractivity contribution in [3.8, 4) is 0 Å². The standard InChI is InChI=1S/C15H24N2O2S/c1-3-6-15(7-8-15)11-17-20(18,19)14-9-13(10-16)5-4-12(14)2/h4-5,9,17H,3,6-8,10-11,16H2,1-2H3. The number of nitrogens with two attached hydrogens (primary N) is 1. The second-order valence-corrected chi connectivity index (χ2v) is 7.61. The van der Waals surface area contributed by atoms with E-state index in [2.05, 4.69) is 11.6 Å². The maximum Gasteiger partial charge on any atom is 0.240 e. The van der Waals surface area contributed by atoms with Gasteiger partial charge in [0.15, 0.2) is 0 Å². The Hall–Kier alpha value is -0.910. The minimum atomic E-state index is -3.44. The first kappa shape index (κ1) is 15.5. The van der Waals surface area contributed by atoms with Crippen molar-refractivity contribution in [1.82, 2.24) is 4.72 Å². The molecule has 0 heterocycles. The van der Waals surface area contributed by atoms with E-state index in [0.29, 0.717) is 18.0 Å². The number of aryl methyl sites for hydroxylation is 1. The molecular weight excluding hydrogens is 272 g/mol. The lowest BCUT2D eigenvalue weighted by Crippen LogP contribution is -2.30. The van der Waals surface area contributed by atoms with Crippen LogP contribution in [0.2, 0.25) is 0 Å². The predicted molar refractivity (Wildman–Crippen MR) is 80.8 cm³/mol. The van der Waals surface area contributed by atoms with Crippen LogP contribution in [0.1, 0.15) is 43.7 Å². The Kier molecular flexibility index (Phi) is 4.52. The average Bonchev–Trinajstić information content (AvgIpc) is 3.18. The van der Waals surface area contributed by atoms with E-state index < -0.39 is 10.0 Å². The van der Waals surface area contributed by atoms with Crippen molar-refractivity contribution in [2.24, 2.45) is 11.1 Å². The molecule has 112 valence electrons. The third kappa shape index (κ3) is 3.40. The molecule has 0 bridgehead atoms. The van der Waals surface area contributed by atoms with E-state index in [1.807, 2.05) is 19.1 Å². The van der Waals surface area contributed by atoms with Gasteiger partial charge in [0, 0.05) is 13.1 Å². The summed E-state index contributed by atoms with van der Waals surface area (Å²) in [6.07, 6.45) is 4.46. The molecular formula is C15H24N2O2S. The van der Waals surface area contributed by atoms with Gasteiger partial charge in [-0.3, -0.25) is 0 Å². The van der Waals surface area contributed by atoms with Gasteiger partial charge in [-0.05, 0) is 48.8 Å². The first-order chi connectivity index (χ1) is 9.42. The molecule has 20 heavy (non-hydrogen) atoms. The molecule has 1 saturated carbocycles. The average molecular weight is 296 g/mol. The topological polar surface area (TPSA) is 72.2 Å². The molecule has 0 spiro atoms. The summed E-state index contributed by atoms with van der Waals surface area (Å²) < 4.78 is 27.7. The van der Waals surface area contributed by atoms with Gasteiger partial charge in [0.1, 0.15) is 0 Å². The molecule has 2 rings (SSSR count). The van der Waals surface area contributed by atoms with Crippen molar-refractivity contribution in [2.45, 2.75) is 51.0 Å². The van der Waals surface area contributed by atoms with Gasteiger partial charge in [-0.25, -0.2) is 13.1 Å². The lowest BCUT2D eigenvalue weighted by atomic mass is 10.0. The fraction of sp³-hybridized carbons (Fsp3) is 0.600. The number of sulfonamides is 1. The lowest BCUT2D eigenvalue weighted by molar-refractivity contribution is 0.449. The van der Waals surface area contributed by atoms with Crippen LogP contribution in [0.3, 0.4) is 0 Å². The van der Waals surface area contributed by atoms with E-state index in [-0.39, 0.29) is 5.41 Å². The van der Waals surface area contributed by atoms with Crippen LogP contribution in [0.5, 0.6) is 0 Å². The van der Waals surface area contributed by atoms with Gasteiger partial charge in [0.2, 0.25) is 10.0 Å². The van der Waals surface area contributed by atoms with Crippen LogP contribution in [0.15, 0.2) is 23.1 Å². The van der Waals surface area contributed by atoms with Crippen LogP contribution < -0.4 is 10.5 Å². The Labute approximate surface area is 121 Å². The van der Waals surface area contributed by atoms with Crippen LogP contribution >= 0.6 is 0 Å². The van der Waals surface area contributed by atoms with Crippen LogP contribution in [-0.2, 0) is 16.6 Å². The van der Waals surface area contributed by atoms with E-state index in [0.717, 1.165) is 36.8 Å². The fourth-order valence-corrected chi connectivity index (χ4v) is 4.06. The van der Waals surface area contributed by atoms with Gasteiger partial charge in [-0.1, -0.05) is 25.5 Å². The Bertz CT molecular complexity index is 578. The second kappa shape index (κ2) is 5.84. The summed E-state index contributed by atoms with van der Waals surface area (Å²) in [6, 6.07) is 5.36. The fourth-order valence-electron chi connectivity index (χ4n) is 2.61. The number of rotatable bonds is 7. The zero-order valence-electron chi connectivity index (χ0n) is 12.3. The molecule has 0 unspecified atom stereocenters. The van der Waals surface area contributed by atoms with Gasteiger partial charge < -0.3 is 5.73 Å². The van der Waals surface area contributed by atoms with E-state index in [1.54, 1.807) is 6.07 Å². The Morgan fingerprint density at radius 1 is 1.35 bits per heavy atom. The Morgan fingerprint density at radius 2 is 2.05 bits per heavy atom. The maximum atomic E-state index is 12.4. The Morgan fingerprint density at radius 3 is 2.60 bits per heavy atom. The SMILES string of the molecule is CCCC1(CNS(=O)(=O)c2cc(CN)ccc2C)CC1. The first-order valence-electron chi connectivity index (χ1n) is 7.22. The zero-order chi connectivity index (χ0) is 14.8. The minimum absolute atomic E-state index is 0.210. The molecule has 1 aromatic rings.